The van der Waals surface area contributed by atoms with Crippen molar-refractivity contribution in [1.29, 1.82) is 5.26 Å². The number of carbonyl (C=O) groups excluding carboxylic acids is 2. The van der Waals surface area contributed by atoms with Crippen molar-refractivity contribution in [2.45, 2.75) is 31.8 Å². The largest absolute Gasteiger partial charge is 0.508 e. The van der Waals surface area contributed by atoms with Gasteiger partial charge in [-0.1, -0.05) is 18.2 Å². The van der Waals surface area contributed by atoms with Crippen molar-refractivity contribution in [3.05, 3.63) is 42.5 Å². The summed E-state index contributed by atoms with van der Waals surface area (Å²) < 4.78 is 4.94. The maximum Gasteiger partial charge on any atom is 0.407 e. The van der Waals surface area contributed by atoms with Crippen molar-refractivity contribution >= 4 is 12.0 Å². The highest BCUT2D eigenvalue weighted by Crippen LogP contribution is 2.11. The van der Waals surface area contributed by atoms with Gasteiger partial charge in [0.2, 0.25) is 5.91 Å². The molecule has 7 heteroatoms. The van der Waals surface area contributed by atoms with Crippen LogP contribution in [0, 0.1) is 11.3 Å². The fourth-order valence-electron chi connectivity index (χ4n) is 1.84. The second-order valence-electron chi connectivity index (χ2n) is 5.14. The van der Waals surface area contributed by atoms with Crippen LogP contribution in [0.3, 0.4) is 0 Å². The van der Waals surface area contributed by atoms with Crippen LogP contribution in [0.4, 0.5) is 4.79 Å². The zero-order chi connectivity index (χ0) is 17.9. The number of nitriles is 1. The Hall–Kier alpha value is -3.01. The second kappa shape index (κ2) is 9.90. The zero-order valence-electron chi connectivity index (χ0n) is 13.5. The van der Waals surface area contributed by atoms with Crippen LogP contribution < -0.4 is 10.6 Å². The first-order valence-corrected chi connectivity index (χ1v) is 7.48. The molecule has 0 saturated heterocycles. The normalized spacial score (nSPS) is 12.3. The smallest absolute Gasteiger partial charge is 0.407 e. The molecule has 0 bridgehead atoms. The number of rotatable bonds is 8. The number of hydrogen-bond donors (Lipinski definition) is 3. The number of phenolic OH excluding ortho intramolecular Hbond substituents is 1. The highest BCUT2D eigenvalue weighted by atomic mass is 16.5. The Morgan fingerprint density at radius 1 is 1.38 bits per heavy atom. The number of alkyl carbamates (subject to hydrolysis) is 1. The Kier molecular flexibility index (Phi) is 7.85. The van der Waals surface area contributed by atoms with Crippen molar-refractivity contribution in [3.8, 4) is 11.8 Å². The van der Waals surface area contributed by atoms with Crippen LogP contribution in [0.2, 0.25) is 0 Å². The number of ether oxygens (including phenoxy) is 1. The van der Waals surface area contributed by atoms with Gasteiger partial charge in [0.05, 0.1) is 12.7 Å². The van der Waals surface area contributed by atoms with E-state index in [2.05, 4.69) is 17.2 Å². The maximum absolute atomic E-state index is 12.3. The van der Waals surface area contributed by atoms with E-state index in [0.717, 1.165) is 5.56 Å². The lowest BCUT2D eigenvalue weighted by Gasteiger charge is -2.19. The number of nitrogens with zero attached hydrogens (tertiary/aromatic N) is 1. The van der Waals surface area contributed by atoms with E-state index in [4.69, 9.17) is 10.00 Å². The summed E-state index contributed by atoms with van der Waals surface area (Å²) in [6.07, 6.45) is 1.59. The van der Waals surface area contributed by atoms with Crippen molar-refractivity contribution in [3.63, 3.8) is 0 Å². The van der Waals surface area contributed by atoms with Gasteiger partial charge in [-0.25, -0.2) is 4.79 Å². The molecule has 0 aliphatic heterocycles. The fraction of sp³-hybridized carbons (Fsp3) is 0.353. The summed E-state index contributed by atoms with van der Waals surface area (Å²) in [5.74, 6) is -0.382. The Morgan fingerprint density at radius 2 is 2.04 bits per heavy atom. The summed E-state index contributed by atoms with van der Waals surface area (Å²) in [6, 6.07) is 6.59. The number of phenols is 1. The Morgan fingerprint density at radius 3 is 2.62 bits per heavy atom. The van der Waals surface area contributed by atoms with Crippen LogP contribution >= 0.6 is 0 Å². The van der Waals surface area contributed by atoms with Gasteiger partial charge in [0.1, 0.15) is 17.8 Å². The molecular weight excluding hydrogens is 310 g/mol. The molecule has 2 amide bonds. The van der Waals surface area contributed by atoms with E-state index in [-0.39, 0.29) is 18.8 Å². The Balaban J connectivity index is 2.76. The quantitative estimate of drug-likeness (QED) is 0.495. The van der Waals surface area contributed by atoms with Crippen molar-refractivity contribution < 1.29 is 19.4 Å². The molecule has 2 unspecified atom stereocenters. The third kappa shape index (κ3) is 6.83. The molecule has 0 aliphatic rings. The van der Waals surface area contributed by atoms with Gasteiger partial charge in [0.25, 0.3) is 0 Å². The van der Waals surface area contributed by atoms with E-state index in [1.807, 2.05) is 6.07 Å². The lowest BCUT2D eigenvalue weighted by Crippen LogP contribution is -2.50. The van der Waals surface area contributed by atoms with Gasteiger partial charge in [-0.05, 0) is 31.0 Å². The highest BCUT2D eigenvalue weighted by molar-refractivity contribution is 5.86. The van der Waals surface area contributed by atoms with E-state index in [0.29, 0.717) is 6.42 Å². The summed E-state index contributed by atoms with van der Waals surface area (Å²) in [6.45, 7) is 5.23. The summed E-state index contributed by atoms with van der Waals surface area (Å²) in [7, 11) is 0. The van der Waals surface area contributed by atoms with Crippen molar-refractivity contribution in [2.24, 2.45) is 0 Å². The van der Waals surface area contributed by atoms with E-state index in [1.165, 1.54) is 19.1 Å². The standard InChI is InChI=1S/C17H21N3O4/c1-3-4-9-24-17(23)20-15(16(22)19-12(2)11-18)10-13-5-7-14(21)8-6-13/h3,5-8,12,15,21H,1,4,9-10H2,2H3,(H,19,22)(H,20,23). The van der Waals surface area contributed by atoms with Crippen LogP contribution in [0.15, 0.2) is 36.9 Å². The Labute approximate surface area is 140 Å². The van der Waals surface area contributed by atoms with Crippen LogP contribution in [0.25, 0.3) is 0 Å². The van der Waals surface area contributed by atoms with Crippen LogP contribution in [0.5, 0.6) is 5.75 Å². The molecule has 0 fully saturated rings. The molecule has 1 aromatic carbocycles. The third-order valence-electron chi connectivity index (χ3n) is 3.09. The first kappa shape index (κ1) is 19.0. The SMILES string of the molecule is C=CCCOC(=O)NC(Cc1ccc(O)cc1)C(=O)NC(C)C#N. The molecule has 0 radical (unpaired) electrons. The molecule has 0 spiro atoms. The lowest BCUT2D eigenvalue weighted by molar-refractivity contribution is -0.123. The predicted octanol–water partition coefficient (Wildman–Crippen LogP) is 1.63. The van der Waals surface area contributed by atoms with Gasteiger partial charge in [0, 0.05) is 6.42 Å². The molecule has 3 N–H and O–H groups in total. The number of benzene rings is 1. The number of carbonyl (C=O) groups is 2. The molecule has 0 heterocycles. The minimum Gasteiger partial charge on any atom is -0.508 e. The minimum atomic E-state index is -0.901. The number of aromatic hydroxyl groups is 1. The molecule has 1 rings (SSSR count). The summed E-state index contributed by atoms with van der Waals surface area (Å²) in [5.41, 5.74) is 0.740. The van der Waals surface area contributed by atoms with Crippen LogP contribution in [0.1, 0.15) is 18.9 Å². The molecule has 0 aromatic heterocycles. The molecule has 0 aliphatic carbocycles. The fourth-order valence-corrected chi connectivity index (χ4v) is 1.84. The third-order valence-corrected chi connectivity index (χ3v) is 3.09. The zero-order valence-corrected chi connectivity index (χ0v) is 13.5. The van der Waals surface area contributed by atoms with Crippen molar-refractivity contribution in [1.82, 2.24) is 10.6 Å². The van der Waals surface area contributed by atoms with Gasteiger partial charge in [-0.2, -0.15) is 5.26 Å². The first-order valence-electron chi connectivity index (χ1n) is 7.48. The van der Waals surface area contributed by atoms with Gasteiger partial charge in [-0.15, -0.1) is 6.58 Å². The maximum atomic E-state index is 12.3. The summed E-state index contributed by atoms with van der Waals surface area (Å²) in [4.78, 5) is 24.0. The summed E-state index contributed by atoms with van der Waals surface area (Å²) >= 11 is 0. The molecular formula is C17H21N3O4. The number of hydrogen-bond acceptors (Lipinski definition) is 5. The molecule has 0 saturated carbocycles. The average molecular weight is 331 g/mol. The molecule has 24 heavy (non-hydrogen) atoms. The van der Waals surface area contributed by atoms with Gasteiger partial charge >= 0.3 is 6.09 Å². The van der Waals surface area contributed by atoms with Crippen molar-refractivity contribution in [2.75, 3.05) is 6.61 Å². The second-order valence-corrected chi connectivity index (χ2v) is 5.14. The molecule has 7 nitrogen and oxygen atoms in total. The lowest BCUT2D eigenvalue weighted by atomic mass is 10.0. The average Bonchev–Trinajstić information content (AvgIpc) is 2.56. The summed E-state index contributed by atoms with van der Waals surface area (Å²) in [5, 5.41) is 23.1. The van der Waals surface area contributed by atoms with E-state index in [9.17, 15) is 14.7 Å². The van der Waals surface area contributed by atoms with E-state index in [1.54, 1.807) is 18.2 Å². The first-order chi connectivity index (χ1) is 11.5. The van der Waals surface area contributed by atoms with E-state index >= 15 is 0 Å². The predicted molar refractivity (Wildman–Crippen MR) is 88.1 cm³/mol. The molecule has 1 aromatic rings. The van der Waals surface area contributed by atoms with Crippen LogP contribution in [-0.2, 0) is 16.0 Å². The topological polar surface area (TPSA) is 111 Å². The van der Waals surface area contributed by atoms with Gasteiger partial charge < -0.3 is 20.5 Å². The van der Waals surface area contributed by atoms with E-state index < -0.39 is 24.1 Å². The minimum absolute atomic E-state index is 0.106. The van der Waals surface area contributed by atoms with Gasteiger partial charge in [-0.3, -0.25) is 4.79 Å². The van der Waals surface area contributed by atoms with Gasteiger partial charge in [0.15, 0.2) is 0 Å². The molecule has 128 valence electrons. The molecule has 2 atom stereocenters. The monoisotopic (exact) mass is 331 g/mol. The Bertz CT molecular complexity index is 607. The highest BCUT2D eigenvalue weighted by Gasteiger charge is 2.23. The number of amides is 2. The van der Waals surface area contributed by atoms with Crippen LogP contribution in [-0.4, -0.2) is 35.8 Å². The number of nitrogens with one attached hydrogen (secondary N) is 2.